The number of likely N-dealkylation sites (tertiary alicyclic amines) is 1. The van der Waals surface area contributed by atoms with Crippen LogP contribution in [0.5, 0.6) is 0 Å². The highest BCUT2D eigenvalue weighted by Gasteiger charge is 2.31. The van der Waals surface area contributed by atoms with Gasteiger partial charge in [-0.2, -0.15) is 0 Å². The van der Waals surface area contributed by atoms with Crippen molar-refractivity contribution in [2.45, 2.75) is 70.4 Å². The number of hydrogen-bond acceptors (Lipinski definition) is 3. The van der Waals surface area contributed by atoms with E-state index in [4.69, 9.17) is 0 Å². The van der Waals surface area contributed by atoms with Crippen molar-refractivity contribution < 1.29 is 9.59 Å². The zero-order chi connectivity index (χ0) is 15.9. The molecule has 0 spiro atoms. The normalized spacial score (nSPS) is 23.2. The van der Waals surface area contributed by atoms with E-state index in [1.54, 1.807) is 0 Å². The number of likely N-dealkylation sites (N-methyl/N-ethyl adjacent to an activating group) is 1. The molecule has 1 saturated heterocycles. The standard InChI is InChI=1S/C17H31N3O2.ClH/c1-13(17(22)20-10-6-9-15(20)12-18-2)19-16(21)11-14-7-4-3-5-8-14;/h13-15,18H,3-12H2,1-2H3,(H,19,21);1H. The van der Waals surface area contributed by atoms with E-state index in [-0.39, 0.29) is 30.3 Å². The first-order valence-electron chi connectivity index (χ1n) is 8.86. The Labute approximate surface area is 146 Å². The molecule has 6 heteroatoms. The Hall–Kier alpha value is -0.810. The highest BCUT2D eigenvalue weighted by molar-refractivity contribution is 5.87. The summed E-state index contributed by atoms with van der Waals surface area (Å²) in [6.07, 6.45) is 8.79. The lowest BCUT2D eigenvalue weighted by Crippen LogP contribution is -2.50. The first-order valence-corrected chi connectivity index (χ1v) is 8.86. The number of hydrogen-bond donors (Lipinski definition) is 2. The highest BCUT2D eigenvalue weighted by atomic mass is 35.5. The largest absolute Gasteiger partial charge is 0.345 e. The van der Waals surface area contributed by atoms with E-state index in [9.17, 15) is 9.59 Å². The van der Waals surface area contributed by atoms with Crippen LogP contribution >= 0.6 is 12.4 Å². The Bertz CT molecular complexity index is 386. The molecule has 0 radical (unpaired) electrons. The van der Waals surface area contributed by atoms with Crippen LogP contribution in [0.3, 0.4) is 0 Å². The van der Waals surface area contributed by atoms with Gasteiger partial charge in [-0.15, -0.1) is 12.4 Å². The zero-order valence-electron chi connectivity index (χ0n) is 14.5. The molecule has 1 aliphatic heterocycles. The molecule has 2 N–H and O–H groups in total. The number of nitrogens with zero attached hydrogens (tertiary/aromatic N) is 1. The second-order valence-corrected chi connectivity index (χ2v) is 6.88. The van der Waals surface area contributed by atoms with Crippen LogP contribution in [-0.2, 0) is 9.59 Å². The van der Waals surface area contributed by atoms with Crippen LogP contribution in [0.25, 0.3) is 0 Å². The fourth-order valence-electron chi connectivity index (χ4n) is 3.84. The molecular weight excluding hydrogens is 314 g/mol. The summed E-state index contributed by atoms with van der Waals surface area (Å²) in [4.78, 5) is 26.6. The number of rotatable bonds is 6. The Morgan fingerprint density at radius 3 is 2.48 bits per heavy atom. The van der Waals surface area contributed by atoms with Gasteiger partial charge in [-0.3, -0.25) is 9.59 Å². The van der Waals surface area contributed by atoms with Gasteiger partial charge in [-0.1, -0.05) is 19.3 Å². The molecule has 0 aromatic rings. The fourth-order valence-corrected chi connectivity index (χ4v) is 3.84. The molecule has 2 rings (SSSR count). The predicted molar refractivity (Wildman–Crippen MR) is 94.7 cm³/mol. The monoisotopic (exact) mass is 345 g/mol. The second kappa shape index (κ2) is 10.1. The quantitative estimate of drug-likeness (QED) is 0.775. The van der Waals surface area contributed by atoms with Crippen LogP contribution in [0, 0.1) is 5.92 Å². The predicted octanol–water partition coefficient (Wildman–Crippen LogP) is 2.09. The number of carbonyl (C=O) groups excluding carboxylic acids is 2. The van der Waals surface area contributed by atoms with E-state index >= 15 is 0 Å². The van der Waals surface area contributed by atoms with Crippen LogP contribution < -0.4 is 10.6 Å². The van der Waals surface area contributed by atoms with Crippen molar-refractivity contribution in [3.63, 3.8) is 0 Å². The number of nitrogens with one attached hydrogen (secondary N) is 2. The Balaban J connectivity index is 0.00000264. The average Bonchev–Trinajstić information content (AvgIpc) is 2.96. The number of carbonyl (C=O) groups is 2. The molecule has 23 heavy (non-hydrogen) atoms. The van der Waals surface area contributed by atoms with Crippen molar-refractivity contribution in [2.75, 3.05) is 20.1 Å². The molecule has 5 nitrogen and oxygen atoms in total. The lowest BCUT2D eigenvalue weighted by Gasteiger charge is -2.28. The maximum Gasteiger partial charge on any atom is 0.245 e. The van der Waals surface area contributed by atoms with Crippen LogP contribution in [0.4, 0.5) is 0 Å². The summed E-state index contributed by atoms with van der Waals surface area (Å²) < 4.78 is 0. The van der Waals surface area contributed by atoms with E-state index in [1.807, 2.05) is 18.9 Å². The highest BCUT2D eigenvalue weighted by Crippen LogP contribution is 2.26. The first kappa shape index (κ1) is 20.2. The summed E-state index contributed by atoms with van der Waals surface area (Å²) in [5, 5.41) is 6.06. The van der Waals surface area contributed by atoms with E-state index in [2.05, 4.69) is 10.6 Å². The minimum atomic E-state index is -0.409. The van der Waals surface area contributed by atoms with Crippen molar-refractivity contribution in [3.05, 3.63) is 0 Å². The topological polar surface area (TPSA) is 61.4 Å². The van der Waals surface area contributed by atoms with E-state index in [1.165, 1.54) is 19.3 Å². The third-order valence-electron chi connectivity index (χ3n) is 5.05. The molecule has 2 atom stereocenters. The molecule has 2 unspecified atom stereocenters. The molecule has 0 aromatic heterocycles. The lowest BCUT2D eigenvalue weighted by molar-refractivity contribution is -0.136. The van der Waals surface area contributed by atoms with E-state index in [0.29, 0.717) is 12.3 Å². The minimum Gasteiger partial charge on any atom is -0.345 e. The zero-order valence-corrected chi connectivity index (χ0v) is 15.3. The van der Waals surface area contributed by atoms with Crippen molar-refractivity contribution in [3.8, 4) is 0 Å². The van der Waals surface area contributed by atoms with E-state index in [0.717, 1.165) is 38.8 Å². The molecule has 134 valence electrons. The first-order chi connectivity index (χ1) is 10.6. The van der Waals surface area contributed by atoms with Crippen molar-refractivity contribution in [1.82, 2.24) is 15.5 Å². The molecular formula is C17H32ClN3O2. The van der Waals surface area contributed by atoms with Gasteiger partial charge in [0, 0.05) is 25.6 Å². The minimum absolute atomic E-state index is 0. The summed E-state index contributed by atoms with van der Waals surface area (Å²) >= 11 is 0. The van der Waals surface area contributed by atoms with Gasteiger partial charge in [0.15, 0.2) is 0 Å². The smallest absolute Gasteiger partial charge is 0.245 e. The van der Waals surface area contributed by atoms with Gasteiger partial charge in [-0.25, -0.2) is 0 Å². The van der Waals surface area contributed by atoms with Crippen molar-refractivity contribution in [2.24, 2.45) is 5.92 Å². The lowest BCUT2D eigenvalue weighted by atomic mass is 9.87. The van der Waals surface area contributed by atoms with Crippen molar-refractivity contribution in [1.29, 1.82) is 0 Å². The molecule has 0 aromatic carbocycles. The summed E-state index contributed by atoms with van der Waals surface area (Å²) in [7, 11) is 1.91. The average molecular weight is 346 g/mol. The Morgan fingerprint density at radius 2 is 1.83 bits per heavy atom. The molecule has 1 heterocycles. The number of amides is 2. The van der Waals surface area contributed by atoms with Gasteiger partial charge in [-0.05, 0) is 45.6 Å². The summed E-state index contributed by atoms with van der Waals surface area (Å²) in [6.45, 7) is 3.46. The summed E-state index contributed by atoms with van der Waals surface area (Å²) in [5.41, 5.74) is 0. The van der Waals surface area contributed by atoms with Gasteiger partial charge in [0.05, 0.1) is 0 Å². The molecule has 1 aliphatic carbocycles. The van der Waals surface area contributed by atoms with Gasteiger partial charge in [0.1, 0.15) is 6.04 Å². The number of halogens is 1. The fraction of sp³-hybridized carbons (Fsp3) is 0.882. The van der Waals surface area contributed by atoms with Gasteiger partial charge >= 0.3 is 0 Å². The molecule has 1 saturated carbocycles. The third kappa shape index (κ3) is 5.96. The van der Waals surface area contributed by atoms with Crippen LogP contribution in [0.2, 0.25) is 0 Å². The van der Waals surface area contributed by atoms with Gasteiger partial charge < -0.3 is 15.5 Å². The maximum atomic E-state index is 12.5. The molecule has 0 bridgehead atoms. The molecule has 2 fully saturated rings. The van der Waals surface area contributed by atoms with Crippen LogP contribution in [0.15, 0.2) is 0 Å². The van der Waals surface area contributed by atoms with Crippen molar-refractivity contribution >= 4 is 24.2 Å². The third-order valence-corrected chi connectivity index (χ3v) is 5.05. The summed E-state index contributed by atoms with van der Waals surface area (Å²) in [6, 6.07) is -0.135. The second-order valence-electron chi connectivity index (χ2n) is 6.88. The van der Waals surface area contributed by atoms with E-state index < -0.39 is 6.04 Å². The maximum absolute atomic E-state index is 12.5. The Kier molecular flexibility index (Phi) is 8.92. The van der Waals surface area contributed by atoms with Crippen LogP contribution in [-0.4, -0.2) is 48.9 Å². The van der Waals surface area contributed by atoms with Gasteiger partial charge in [0.2, 0.25) is 11.8 Å². The Morgan fingerprint density at radius 1 is 1.13 bits per heavy atom. The summed E-state index contributed by atoms with van der Waals surface area (Å²) in [5.74, 6) is 0.617. The SMILES string of the molecule is CNCC1CCCN1C(=O)C(C)NC(=O)CC1CCCCC1.Cl. The van der Waals surface area contributed by atoms with Gasteiger partial charge in [0.25, 0.3) is 0 Å². The molecule has 2 amide bonds. The van der Waals surface area contributed by atoms with Crippen LogP contribution in [0.1, 0.15) is 58.3 Å². The molecule has 2 aliphatic rings.